The molecule has 148 valence electrons. The molecular weight excluding hydrogens is 368 g/mol. The van der Waals surface area contributed by atoms with Crippen LogP contribution in [0.25, 0.3) is 11.0 Å². The highest BCUT2D eigenvalue weighted by Gasteiger charge is 2.19. The predicted molar refractivity (Wildman–Crippen MR) is 116 cm³/mol. The molecule has 0 bridgehead atoms. The Morgan fingerprint density at radius 3 is 2.79 bits per heavy atom. The first kappa shape index (κ1) is 19.2. The summed E-state index contributed by atoms with van der Waals surface area (Å²) >= 11 is 1.64. The second-order valence-electron chi connectivity index (χ2n) is 7.32. The van der Waals surface area contributed by atoms with Gasteiger partial charge in [0.25, 0.3) is 5.91 Å². The third-order valence-electron chi connectivity index (χ3n) is 5.63. The molecule has 0 fully saturated rings. The van der Waals surface area contributed by atoms with Crippen LogP contribution in [-0.2, 0) is 19.4 Å². The summed E-state index contributed by atoms with van der Waals surface area (Å²) in [4.78, 5) is 22.2. The Hall–Kier alpha value is -2.18. The molecule has 4 rings (SSSR count). The van der Waals surface area contributed by atoms with Crippen LogP contribution in [-0.4, -0.2) is 40.0 Å². The number of nitrogens with zero attached hydrogens (tertiary/aromatic N) is 3. The van der Waals surface area contributed by atoms with Gasteiger partial charge in [-0.2, -0.15) is 0 Å². The molecule has 6 heteroatoms. The quantitative estimate of drug-likeness (QED) is 0.636. The molecule has 0 radical (unpaired) electrons. The van der Waals surface area contributed by atoms with Crippen LogP contribution in [0.1, 0.15) is 46.8 Å². The fourth-order valence-electron chi connectivity index (χ4n) is 3.94. The molecule has 1 aliphatic carbocycles. The molecule has 2 aromatic heterocycles. The van der Waals surface area contributed by atoms with Crippen molar-refractivity contribution in [2.24, 2.45) is 0 Å². The summed E-state index contributed by atoms with van der Waals surface area (Å²) in [5.74, 6) is 0.600. The van der Waals surface area contributed by atoms with Crippen molar-refractivity contribution in [3.63, 3.8) is 0 Å². The van der Waals surface area contributed by atoms with Gasteiger partial charge in [-0.15, -0.1) is 11.3 Å². The molecule has 5 nitrogen and oxygen atoms in total. The van der Waals surface area contributed by atoms with Crippen LogP contribution in [0.2, 0.25) is 0 Å². The average Bonchev–Trinajstić information content (AvgIpc) is 3.30. The first-order chi connectivity index (χ1) is 13.7. The summed E-state index contributed by atoms with van der Waals surface area (Å²) in [5.41, 5.74) is 3.34. The maximum absolute atomic E-state index is 12.9. The molecule has 1 N–H and O–H groups in total. The molecule has 28 heavy (non-hydrogen) atoms. The van der Waals surface area contributed by atoms with E-state index in [1.165, 1.54) is 23.3 Å². The van der Waals surface area contributed by atoms with Crippen LogP contribution in [0.4, 0.5) is 5.95 Å². The summed E-state index contributed by atoms with van der Waals surface area (Å²) < 4.78 is 2.14. The molecular formula is C22H28N4OS. The molecule has 1 aliphatic rings. The first-order valence-corrected chi connectivity index (χ1v) is 11.1. The number of aryl methyl sites for hydroxylation is 2. The van der Waals surface area contributed by atoms with Crippen LogP contribution < -0.4 is 5.32 Å². The van der Waals surface area contributed by atoms with Gasteiger partial charge in [-0.05, 0) is 62.5 Å². The minimum atomic E-state index is -0.0428. The SMILES string of the molecule is CCN(CC)CCn1c(NC(=O)c2cc3c(s2)CCCC3)nc2ccccc21. The van der Waals surface area contributed by atoms with E-state index in [2.05, 4.69) is 40.8 Å². The zero-order chi connectivity index (χ0) is 19.5. The van der Waals surface area contributed by atoms with Crippen molar-refractivity contribution in [2.45, 2.75) is 46.1 Å². The smallest absolute Gasteiger partial charge is 0.268 e. The number of hydrogen-bond acceptors (Lipinski definition) is 4. The van der Waals surface area contributed by atoms with Crippen LogP contribution in [0, 0.1) is 0 Å². The zero-order valence-corrected chi connectivity index (χ0v) is 17.5. The minimum Gasteiger partial charge on any atom is -0.309 e. The molecule has 1 amide bonds. The molecule has 0 unspecified atom stereocenters. The highest BCUT2D eigenvalue weighted by atomic mass is 32.1. The summed E-state index contributed by atoms with van der Waals surface area (Å²) in [5, 5.41) is 3.09. The van der Waals surface area contributed by atoms with Crippen molar-refractivity contribution < 1.29 is 4.79 Å². The van der Waals surface area contributed by atoms with Gasteiger partial charge in [0.05, 0.1) is 15.9 Å². The van der Waals surface area contributed by atoms with Gasteiger partial charge in [0.2, 0.25) is 5.95 Å². The van der Waals surface area contributed by atoms with Gasteiger partial charge >= 0.3 is 0 Å². The van der Waals surface area contributed by atoms with E-state index in [9.17, 15) is 4.79 Å². The van der Waals surface area contributed by atoms with Crippen LogP contribution in [0.15, 0.2) is 30.3 Å². The van der Waals surface area contributed by atoms with E-state index in [0.29, 0.717) is 5.95 Å². The third kappa shape index (κ3) is 3.84. The number of anilines is 1. The number of fused-ring (bicyclic) bond motifs is 2. The van der Waals surface area contributed by atoms with Crippen LogP contribution in [0.3, 0.4) is 0 Å². The van der Waals surface area contributed by atoms with Crippen LogP contribution in [0.5, 0.6) is 0 Å². The lowest BCUT2D eigenvalue weighted by atomic mass is 9.99. The fourth-order valence-corrected chi connectivity index (χ4v) is 5.09. The van der Waals surface area contributed by atoms with E-state index in [1.54, 1.807) is 11.3 Å². The second-order valence-corrected chi connectivity index (χ2v) is 8.46. The number of hydrogen-bond donors (Lipinski definition) is 1. The Bertz CT molecular complexity index is 947. The van der Waals surface area contributed by atoms with Crippen molar-refractivity contribution >= 4 is 34.2 Å². The number of thiophene rings is 1. The van der Waals surface area contributed by atoms with Crippen molar-refractivity contribution in [3.8, 4) is 0 Å². The van der Waals surface area contributed by atoms with E-state index >= 15 is 0 Å². The Kier molecular flexibility index (Phi) is 5.78. The van der Waals surface area contributed by atoms with Crippen molar-refractivity contribution in [3.05, 3.63) is 45.6 Å². The van der Waals surface area contributed by atoms with Crippen molar-refractivity contribution in [2.75, 3.05) is 25.0 Å². The maximum atomic E-state index is 12.9. The number of likely N-dealkylation sites (N-methyl/N-ethyl adjacent to an activating group) is 1. The van der Waals surface area contributed by atoms with Gasteiger partial charge < -0.3 is 9.47 Å². The monoisotopic (exact) mass is 396 g/mol. The molecule has 2 heterocycles. The Balaban J connectivity index is 1.59. The summed E-state index contributed by atoms with van der Waals surface area (Å²) in [7, 11) is 0. The number of aromatic nitrogens is 2. The van der Waals surface area contributed by atoms with Gasteiger partial charge in [-0.1, -0.05) is 26.0 Å². The lowest BCUT2D eigenvalue weighted by Crippen LogP contribution is -2.27. The fraction of sp³-hybridized carbons (Fsp3) is 0.455. The zero-order valence-electron chi connectivity index (χ0n) is 16.7. The van der Waals surface area contributed by atoms with Gasteiger partial charge in [0.1, 0.15) is 0 Å². The van der Waals surface area contributed by atoms with Crippen LogP contribution >= 0.6 is 11.3 Å². The number of carbonyl (C=O) groups is 1. The summed E-state index contributed by atoms with van der Waals surface area (Å²) in [6.07, 6.45) is 4.67. The number of rotatable bonds is 7. The van der Waals surface area contributed by atoms with Crippen molar-refractivity contribution in [1.82, 2.24) is 14.5 Å². The highest BCUT2D eigenvalue weighted by molar-refractivity contribution is 7.14. The lowest BCUT2D eigenvalue weighted by Gasteiger charge is -2.19. The topological polar surface area (TPSA) is 50.2 Å². The Morgan fingerprint density at radius 2 is 2.00 bits per heavy atom. The number of para-hydroxylation sites is 2. The van der Waals surface area contributed by atoms with Gasteiger partial charge in [0.15, 0.2) is 0 Å². The molecule has 0 atom stereocenters. The van der Waals surface area contributed by atoms with Gasteiger partial charge in [-0.25, -0.2) is 4.98 Å². The number of benzene rings is 1. The highest BCUT2D eigenvalue weighted by Crippen LogP contribution is 2.30. The van der Waals surface area contributed by atoms with Gasteiger partial charge in [-0.3, -0.25) is 10.1 Å². The number of nitrogens with one attached hydrogen (secondary N) is 1. The van der Waals surface area contributed by atoms with E-state index in [-0.39, 0.29) is 5.91 Å². The summed E-state index contributed by atoms with van der Waals surface area (Å²) in [6.45, 7) is 8.13. The molecule has 0 spiro atoms. The average molecular weight is 397 g/mol. The molecule has 1 aromatic carbocycles. The largest absolute Gasteiger partial charge is 0.309 e. The molecule has 3 aromatic rings. The first-order valence-electron chi connectivity index (χ1n) is 10.3. The summed E-state index contributed by atoms with van der Waals surface area (Å²) in [6, 6.07) is 10.2. The van der Waals surface area contributed by atoms with E-state index in [0.717, 1.165) is 54.9 Å². The molecule has 0 saturated heterocycles. The Morgan fingerprint density at radius 1 is 1.21 bits per heavy atom. The predicted octanol–water partition coefficient (Wildman–Crippen LogP) is 4.57. The third-order valence-corrected chi connectivity index (χ3v) is 6.87. The lowest BCUT2D eigenvalue weighted by molar-refractivity contribution is 0.102. The molecule has 0 saturated carbocycles. The Labute approximate surface area is 170 Å². The van der Waals surface area contributed by atoms with E-state index in [1.807, 2.05) is 18.2 Å². The normalized spacial score (nSPS) is 13.8. The van der Waals surface area contributed by atoms with E-state index < -0.39 is 0 Å². The number of amides is 1. The van der Waals surface area contributed by atoms with Crippen molar-refractivity contribution in [1.29, 1.82) is 0 Å². The minimum absolute atomic E-state index is 0.0428. The maximum Gasteiger partial charge on any atom is 0.268 e. The van der Waals surface area contributed by atoms with Gasteiger partial charge in [0, 0.05) is 18.0 Å². The molecule has 0 aliphatic heterocycles. The number of imidazole rings is 1. The number of carbonyl (C=O) groups excluding carboxylic acids is 1. The standard InChI is InChI=1S/C22H28N4OS/c1-3-25(4-2)13-14-26-18-11-7-6-10-17(18)23-22(26)24-21(27)20-15-16-9-5-8-12-19(16)28-20/h6-7,10-11,15H,3-5,8-9,12-14H2,1-2H3,(H,23,24,27). The van der Waals surface area contributed by atoms with E-state index in [4.69, 9.17) is 4.98 Å². The second kappa shape index (κ2) is 8.45.